The predicted molar refractivity (Wildman–Crippen MR) is 79.5 cm³/mol. The molecule has 7 heteroatoms. The molecule has 1 aliphatic heterocycles. The summed E-state index contributed by atoms with van der Waals surface area (Å²) in [4.78, 5) is 2.46. The van der Waals surface area contributed by atoms with Crippen molar-refractivity contribution in [2.75, 3.05) is 26.7 Å². The minimum absolute atomic E-state index is 0.148. The molecule has 1 aliphatic rings. The highest BCUT2D eigenvalue weighted by Crippen LogP contribution is 2.25. The zero-order chi connectivity index (χ0) is 15.6. The van der Waals surface area contributed by atoms with Gasteiger partial charge in [-0.2, -0.15) is 4.31 Å². The number of aryl methyl sites for hydroxylation is 1. The van der Waals surface area contributed by atoms with E-state index in [9.17, 15) is 8.42 Å². The van der Waals surface area contributed by atoms with Crippen molar-refractivity contribution in [1.82, 2.24) is 9.21 Å². The maximum Gasteiger partial charge on any atom is 0.246 e. The van der Waals surface area contributed by atoms with Crippen molar-refractivity contribution in [2.45, 2.75) is 44.2 Å². The number of furan rings is 1. The summed E-state index contributed by atoms with van der Waals surface area (Å²) >= 11 is 0. The molecule has 0 aliphatic carbocycles. The highest BCUT2D eigenvalue weighted by atomic mass is 32.2. The summed E-state index contributed by atoms with van der Waals surface area (Å²) in [5.41, 5.74) is 0. The average molecular weight is 316 g/mol. The third kappa shape index (κ3) is 3.31. The molecule has 0 saturated carbocycles. The summed E-state index contributed by atoms with van der Waals surface area (Å²) in [6, 6.07) is 1.69. The first kappa shape index (κ1) is 16.5. The van der Waals surface area contributed by atoms with Crippen LogP contribution < -0.4 is 0 Å². The van der Waals surface area contributed by atoms with Crippen LogP contribution in [0.15, 0.2) is 15.4 Å². The lowest BCUT2D eigenvalue weighted by molar-refractivity contribution is 0.237. The van der Waals surface area contributed by atoms with Gasteiger partial charge in [0.1, 0.15) is 23.0 Å². The minimum Gasteiger partial charge on any atom is -0.462 e. The molecule has 0 aromatic carbocycles. The summed E-state index contributed by atoms with van der Waals surface area (Å²) in [5, 5.41) is 9.07. The first-order valence-electron chi connectivity index (χ1n) is 7.30. The Morgan fingerprint density at radius 1 is 1.52 bits per heavy atom. The van der Waals surface area contributed by atoms with Crippen LogP contribution >= 0.6 is 0 Å². The lowest BCUT2D eigenvalue weighted by atomic mass is 10.2. The van der Waals surface area contributed by atoms with Gasteiger partial charge in [-0.3, -0.25) is 4.90 Å². The Morgan fingerprint density at radius 2 is 2.24 bits per heavy atom. The van der Waals surface area contributed by atoms with Gasteiger partial charge in [0.05, 0.1) is 0 Å². The van der Waals surface area contributed by atoms with Crippen LogP contribution in [0.1, 0.15) is 31.3 Å². The Bertz CT molecular complexity index is 582. The van der Waals surface area contributed by atoms with Gasteiger partial charge in [0.25, 0.3) is 0 Å². The number of aliphatic hydroxyl groups excluding tert-OH is 1. The lowest BCUT2D eigenvalue weighted by Crippen LogP contribution is -2.41. The van der Waals surface area contributed by atoms with Crippen LogP contribution in [-0.4, -0.2) is 55.5 Å². The van der Waals surface area contributed by atoms with Gasteiger partial charge in [-0.15, -0.1) is 0 Å². The number of nitrogens with zero attached hydrogens (tertiary/aromatic N) is 2. The van der Waals surface area contributed by atoms with Crippen molar-refractivity contribution in [3.05, 3.63) is 17.6 Å². The monoisotopic (exact) mass is 316 g/mol. The molecule has 1 aromatic rings. The molecule has 1 fully saturated rings. The molecule has 2 rings (SSSR count). The van der Waals surface area contributed by atoms with Crippen LogP contribution in [0.4, 0.5) is 0 Å². The molecule has 120 valence electrons. The summed E-state index contributed by atoms with van der Waals surface area (Å²) < 4.78 is 31.9. The van der Waals surface area contributed by atoms with Gasteiger partial charge in [0.2, 0.25) is 10.0 Å². The van der Waals surface area contributed by atoms with E-state index in [1.165, 1.54) is 10.4 Å². The van der Waals surface area contributed by atoms with Crippen LogP contribution in [0.3, 0.4) is 0 Å². The fourth-order valence-corrected chi connectivity index (χ4v) is 4.33. The van der Waals surface area contributed by atoms with Crippen LogP contribution in [0.2, 0.25) is 0 Å². The number of rotatable bonds is 6. The third-order valence-electron chi connectivity index (χ3n) is 4.14. The average Bonchev–Trinajstić information content (AvgIpc) is 3.04. The molecular weight excluding hydrogens is 292 g/mol. The summed E-state index contributed by atoms with van der Waals surface area (Å²) in [6.07, 6.45) is 2.14. The largest absolute Gasteiger partial charge is 0.462 e. The standard InChI is InChI=1S/C14H24N2O4S/c1-4-16-7-5-6-12(16)9-15(3)21(18,19)14-8-13(10-17)20-11(14)2/h8,12,17H,4-7,9-10H2,1-3H3. The van der Waals surface area contributed by atoms with Crippen molar-refractivity contribution in [1.29, 1.82) is 0 Å². The Hall–Kier alpha value is -0.890. The predicted octanol–water partition coefficient (Wildman–Crippen LogP) is 1.19. The summed E-state index contributed by atoms with van der Waals surface area (Å²) in [7, 11) is -1.97. The number of likely N-dealkylation sites (tertiary alicyclic amines) is 1. The molecule has 1 atom stereocenters. The van der Waals surface area contributed by atoms with Gasteiger partial charge in [-0.25, -0.2) is 8.42 Å². The summed E-state index contributed by atoms with van der Waals surface area (Å²) in [6.45, 7) is 5.86. The van der Waals surface area contributed by atoms with Gasteiger partial charge in [-0.1, -0.05) is 6.92 Å². The van der Waals surface area contributed by atoms with E-state index >= 15 is 0 Å². The highest BCUT2D eigenvalue weighted by molar-refractivity contribution is 7.89. The minimum atomic E-state index is -3.58. The van der Waals surface area contributed by atoms with E-state index < -0.39 is 10.0 Å². The van der Waals surface area contributed by atoms with Crippen LogP contribution in [0, 0.1) is 6.92 Å². The smallest absolute Gasteiger partial charge is 0.246 e. The maximum atomic E-state index is 12.6. The fraction of sp³-hybridized carbons (Fsp3) is 0.714. The van der Waals surface area contributed by atoms with E-state index in [-0.39, 0.29) is 23.3 Å². The van der Waals surface area contributed by atoms with E-state index in [1.807, 2.05) is 0 Å². The second-order valence-electron chi connectivity index (χ2n) is 5.50. The Morgan fingerprint density at radius 3 is 2.81 bits per heavy atom. The van der Waals surface area contributed by atoms with Crippen molar-refractivity contribution in [2.24, 2.45) is 0 Å². The van der Waals surface area contributed by atoms with Gasteiger partial charge < -0.3 is 9.52 Å². The van der Waals surface area contributed by atoms with Gasteiger partial charge in [-0.05, 0) is 32.9 Å². The quantitative estimate of drug-likeness (QED) is 0.853. The summed E-state index contributed by atoms with van der Waals surface area (Å²) in [5.74, 6) is 0.597. The molecule has 6 nitrogen and oxygen atoms in total. The molecule has 1 aromatic heterocycles. The maximum absolute atomic E-state index is 12.6. The van der Waals surface area contributed by atoms with E-state index in [2.05, 4.69) is 11.8 Å². The van der Waals surface area contributed by atoms with E-state index in [0.29, 0.717) is 12.3 Å². The normalized spacial score (nSPS) is 20.5. The third-order valence-corrected chi connectivity index (χ3v) is 6.07. The highest BCUT2D eigenvalue weighted by Gasteiger charge is 2.31. The Kier molecular flexibility index (Phi) is 5.08. The first-order valence-corrected chi connectivity index (χ1v) is 8.74. The molecule has 1 unspecified atom stereocenters. The molecule has 0 radical (unpaired) electrons. The van der Waals surface area contributed by atoms with Crippen molar-refractivity contribution >= 4 is 10.0 Å². The van der Waals surface area contributed by atoms with E-state index in [1.54, 1.807) is 14.0 Å². The zero-order valence-corrected chi connectivity index (χ0v) is 13.7. The number of hydrogen-bond acceptors (Lipinski definition) is 5. The molecule has 2 heterocycles. The molecule has 0 bridgehead atoms. The molecule has 0 amide bonds. The van der Waals surface area contributed by atoms with E-state index in [0.717, 1.165) is 25.9 Å². The lowest BCUT2D eigenvalue weighted by Gasteiger charge is -2.27. The molecule has 21 heavy (non-hydrogen) atoms. The number of aliphatic hydroxyl groups is 1. The molecule has 1 saturated heterocycles. The zero-order valence-electron chi connectivity index (χ0n) is 12.9. The van der Waals surface area contributed by atoms with E-state index in [4.69, 9.17) is 9.52 Å². The fourth-order valence-electron chi connectivity index (χ4n) is 2.94. The van der Waals surface area contributed by atoms with Crippen molar-refractivity contribution in [3.8, 4) is 0 Å². The SMILES string of the molecule is CCN1CCCC1CN(C)S(=O)(=O)c1cc(CO)oc1C. The van der Waals surface area contributed by atoms with Gasteiger partial charge >= 0.3 is 0 Å². The topological polar surface area (TPSA) is 74.0 Å². The molecular formula is C14H24N2O4S. The van der Waals surface area contributed by atoms with Crippen LogP contribution in [0.5, 0.6) is 0 Å². The number of sulfonamides is 1. The molecule has 1 N–H and O–H groups in total. The van der Waals surface area contributed by atoms with Gasteiger partial charge in [0, 0.05) is 25.7 Å². The van der Waals surface area contributed by atoms with Crippen molar-refractivity contribution < 1.29 is 17.9 Å². The second-order valence-corrected chi connectivity index (χ2v) is 7.51. The molecule has 0 spiro atoms. The van der Waals surface area contributed by atoms with Gasteiger partial charge in [0.15, 0.2) is 0 Å². The van der Waals surface area contributed by atoms with Crippen LogP contribution in [-0.2, 0) is 16.6 Å². The Balaban J connectivity index is 2.16. The van der Waals surface area contributed by atoms with Crippen molar-refractivity contribution in [3.63, 3.8) is 0 Å². The van der Waals surface area contributed by atoms with Crippen LogP contribution in [0.25, 0.3) is 0 Å². The second kappa shape index (κ2) is 6.48. The first-order chi connectivity index (χ1) is 9.90. The Labute approximate surface area is 126 Å². The number of likely N-dealkylation sites (N-methyl/N-ethyl adjacent to an activating group) is 2. The number of hydrogen-bond donors (Lipinski definition) is 1.